The summed E-state index contributed by atoms with van der Waals surface area (Å²) in [4.78, 5) is 11.6. The molecule has 110 valence electrons. The molecule has 0 bridgehead atoms. The molecule has 0 aliphatic carbocycles. The van der Waals surface area contributed by atoms with Crippen molar-refractivity contribution in [2.45, 2.75) is 4.90 Å². The van der Waals surface area contributed by atoms with Gasteiger partial charge in [-0.25, -0.2) is 0 Å². The number of nitrogens with one attached hydrogen (secondary N) is 1. The Morgan fingerprint density at radius 3 is 2.52 bits per heavy atom. The first-order valence-electron chi connectivity index (χ1n) is 5.59. The van der Waals surface area contributed by atoms with Gasteiger partial charge in [-0.15, -0.1) is 3.89 Å². The number of amides is 1. The Bertz CT molecular complexity index is 811. The fourth-order valence-electron chi connectivity index (χ4n) is 1.64. The molecule has 0 aliphatic rings. The van der Waals surface area contributed by atoms with Crippen LogP contribution in [0, 0.1) is 3.57 Å². The molecule has 0 aliphatic heterocycles. The van der Waals surface area contributed by atoms with E-state index in [1.165, 1.54) is 18.2 Å². The van der Waals surface area contributed by atoms with Crippen molar-refractivity contribution < 1.29 is 17.1 Å². The van der Waals surface area contributed by atoms with Gasteiger partial charge >= 0.3 is 10.2 Å². The lowest BCUT2D eigenvalue weighted by Gasteiger charge is -2.09. The van der Waals surface area contributed by atoms with Crippen molar-refractivity contribution in [2.75, 3.05) is 5.32 Å². The van der Waals surface area contributed by atoms with E-state index in [9.17, 15) is 17.1 Å². The van der Waals surface area contributed by atoms with Crippen molar-refractivity contribution >= 4 is 60.3 Å². The van der Waals surface area contributed by atoms with Crippen LogP contribution in [-0.2, 0) is 10.2 Å². The molecule has 1 N–H and O–H groups in total. The van der Waals surface area contributed by atoms with E-state index in [1.807, 2.05) is 22.6 Å². The van der Waals surface area contributed by atoms with Gasteiger partial charge in [0.15, 0.2) is 0 Å². The first-order valence-corrected chi connectivity index (χ1v) is 8.84. The fourth-order valence-corrected chi connectivity index (χ4v) is 3.18. The highest BCUT2D eigenvalue weighted by Gasteiger charge is 2.19. The third kappa shape index (κ3) is 4.01. The first kappa shape index (κ1) is 16.4. The van der Waals surface area contributed by atoms with E-state index in [4.69, 9.17) is 0 Å². The number of carbonyl (C=O) groups excluding carboxylic acids is 1. The summed E-state index contributed by atoms with van der Waals surface area (Å²) in [6.07, 6.45) is 0. The maximum atomic E-state index is 13.2. The number of benzene rings is 2. The van der Waals surface area contributed by atoms with Gasteiger partial charge in [0.2, 0.25) is 0 Å². The van der Waals surface area contributed by atoms with Crippen LogP contribution < -0.4 is 5.32 Å². The lowest BCUT2D eigenvalue weighted by atomic mass is 10.2. The van der Waals surface area contributed by atoms with Crippen LogP contribution in [0.3, 0.4) is 0 Å². The van der Waals surface area contributed by atoms with Gasteiger partial charge < -0.3 is 5.32 Å². The summed E-state index contributed by atoms with van der Waals surface area (Å²) in [6, 6.07) is 10.4. The van der Waals surface area contributed by atoms with Crippen LogP contribution in [0.4, 0.5) is 9.57 Å². The Hall–Kier alpha value is -1.000. The molecule has 8 heteroatoms. The van der Waals surface area contributed by atoms with Crippen LogP contribution in [0.15, 0.2) is 51.8 Å². The maximum absolute atomic E-state index is 13.2. The highest BCUT2D eigenvalue weighted by Crippen LogP contribution is 2.25. The molecule has 0 unspecified atom stereocenters. The summed E-state index contributed by atoms with van der Waals surface area (Å²) in [5, 5.41) is 2.41. The number of hydrogen-bond donors (Lipinski definition) is 1. The van der Waals surface area contributed by atoms with E-state index in [0.29, 0.717) is 10.0 Å². The van der Waals surface area contributed by atoms with Crippen LogP contribution >= 0.6 is 38.5 Å². The smallest absolute Gasteiger partial charge is 0.321 e. The number of rotatable bonds is 3. The Morgan fingerprint density at radius 1 is 1.19 bits per heavy atom. The Balaban J connectivity index is 2.39. The third-order valence-electron chi connectivity index (χ3n) is 2.57. The van der Waals surface area contributed by atoms with Crippen molar-refractivity contribution in [3.63, 3.8) is 0 Å². The summed E-state index contributed by atoms with van der Waals surface area (Å²) in [5.74, 6) is -0.531. The van der Waals surface area contributed by atoms with Crippen molar-refractivity contribution in [2.24, 2.45) is 0 Å². The van der Waals surface area contributed by atoms with Gasteiger partial charge in [-0.1, -0.05) is 12.1 Å². The summed E-state index contributed by atoms with van der Waals surface area (Å²) in [7, 11) is -4.91. The number of carbonyl (C=O) groups is 1. The van der Waals surface area contributed by atoms with Gasteiger partial charge in [0.05, 0.1) is 11.3 Å². The zero-order chi connectivity index (χ0) is 15.6. The zero-order valence-corrected chi connectivity index (χ0v) is 14.9. The Morgan fingerprint density at radius 2 is 1.86 bits per heavy atom. The van der Waals surface area contributed by atoms with E-state index in [-0.39, 0.29) is 5.69 Å². The monoisotopic (exact) mass is 483 g/mol. The van der Waals surface area contributed by atoms with Crippen molar-refractivity contribution in [3.05, 3.63) is 56.1 Å². The van der Waals surface area contributed by atoms with Gasteiger partial charge in [0.1, 0.15) is 4.90 Å². The SMILES string of the molecule is O=C(Nc1ccccc1S(=O)(=O)F)c1cc(I)ccc1Br. The summed E-state index contributed by atoms with van der Waals surface area (Å²) < 4.78 is 36.7. The van der Waals surface area contributed by atoms with Crippen LogP contribution in [-0.4, -0.2) is 14.3 Å². The van der Waals surface area contributed by atoms with Crippen LogP contribution in [0.2, 0.25) is 0 Å². The molecule has 0 saturated carbocycles. The largest absolute Gasteiger partial charge is 0.334 e. The first-order chi connectivity index (χ1) is 9.79. The second-order valence-electron chi connectivity index (χ2n) is 4.01. The quantitative estimate of drug-likeness (QED) is 0.530. The Labute approximate surface area is 143 Å². The van der Waals surface area contributed by atoms with Crippen molar-refractivity contribution in [3.8, 4) is 0 Å². The summed E-state index contributed by atoms with van der Waals surface area (Å²) in [6.45, 7) is 0. The molecule has 4 nitrogen and oxygen atoms in total. The lowest BCUT2D eigenvalue weighted by Crippen LogP contribution is -2.14. The molecule has 2 aromatic rings. The van der Waals surface area contributed by atoms with E-state index in [2.05, 4.69) is 21.2 Å². The molecule has 2 aromatic carbocycles. The molecule has 0 saturated heterocycles. The molecule has 0 radical (unpaired) electrons. The number of halogens is 3. The molecule has 0 atom stereocenters. The standard InChI is InChI=1S/C13H8BrFINO3S/c14-10-6-5-8(16)7-9(10)13(18)17-11-3-1-2-4-12(11)21(15,19)20/h1-7H,(H,17,18). The summed E-state index contributed by atoms with van der Waals surface area (Å²) >= 11 is 5.30. The third-order valence-corrected chi connectivity index (χ3v) is 4.81. The fraction of sp³-hybridized carbons (Fsp3) is 0. The average Bonchev–Trinajstić information content (AvgIpc) is 2.41. The molecule has 0 spiro atoms. The highest BCUT2D eigenvalue weighted by atomic mass is 127. The molecule has 0 fully saturated rings. The maximum Gasteiger partial charge on any atom is 0.334 e. The Kier molecular flexibility index (Phi) is 4.99. The van der Waals surface area contributed by atoms with Gasteiger partial charge in [-0.2, -0.15) is 8.42 Å². The van der Waals surface area contributed by atoms with E-state index >= 15 is 0 Å². The van der Waals surface area contributed by atoms with Gasteiger partial charge in [0, 0.05) is 8.04 Å². The van der Waals surface area contributed by atoms with E-state index in [1.54, 1.807) is 18.2 Å². The molecule has 21 heavy (non-hydrogen) atoms. The molecule has 2 rings (SSSR count). The van der Waals surface area contributed by atoms with E-state index in [0.717, 1.165) is 9.64 Å². The van der Waals surface area contributed by atoms with Gasteiger partial charge in [-0.3, -0.25) is 4.79 Å². The topological polar surface area (TPSA) is 63.2 Å². The molecular formula is C13H8BrFINO3S. The van der Waals surface area contributed by atoms with Gasteiger partial charge in [-0.05, 0) is 68.9 Å². The predicted octanol–water partition coefficient (Wildman–Crippen LogP) is 3.96. The van der Waals surface area contributed by atoms with E-state index < -0.39 is 21.0 Å². The molecule has 0 heterocycles. The van der Waals surface area contributed by atoms with Crippen LogP contribution in [0.5, 0.6) is 0 Å². The van der Waals surface area contributed by atoms with Crippen LogP contribution in [0.25, 0.3) is 0 Å². The number of hydrogen-bond acceptors (Lipinski definition) is 3. The van der Waals surface area contributed by atoms with Crippen LogP contribution in [0.1, 0.15) is 10.4 Å². The second-order valence-corrected chi connectivity index (χ2v) is 7.43. The van der Waals surface area contributed by atoms with Crippen molar-refractivity contribution in [1.82, 2.24) is 0 Å². The van der Waals surface area contributed by atoms with Crippen molar-refractivity contribution in [1.29, 1.82) is 0 Å². The lowest BCUT2D eigenvalue weighted by molar-refractivity contribution is 0.102. The zero-order valence-electron chi connectivity index (χ0n) is 10.3. The normalized spacial score (nSPS) is 11.2. The minimum absolute atomic E-state index is 0.101. The number of anilines is 1. The summed E-state index contributed by atoms with van der Waals surface area (Å²) in [5.41, 5.74) is 0.226. The number of para-hydroxylation sites is 1. The predicted molar refractivity (Wildman–Crippen MR) is 89.5 cm³/mol. The minimum Gasteiger partial charge on any atom is -0.321 e. The molecular weight excluding hydrogens is 476 g/mol. The highest BCUT2D eigenvalue weighted by molar-refractivity contribution is 14.1. The second kappa shape index (κ2) is 6.41. The molecule has 1 amide bonds. The minimum atomic E-state index is -4.91. The molecule has 0 aromatic heterocycles. The van der Waals surface area contributed by atoms with Gasteiger partial charge in [0.25, 0.3) is 5.91 Å². The average molecular weight is 484 g/mol.